The van der Waals surface area contributed by atoms with Crippen LogP contribution in [0.5, 0.6) is 0 Å². The van der Waals surface area contributed by atoms with Crippen LogP contribution in [0, 0.1) is 17.6 Å². The first kappa shape index (κ1) is 16.3. The minimum absolute atomic E-state index is 0.0194. The maximum atomic E-state index is 13.8. The number of aliphatic hydroxyl groups excluding tert-OH is 1. The standard InChI is InChI=1S/C14H19F2NO3S/c1-9-4-2-3-5-12(9)17-21(19,20)13-7-10(8-18)6-11(15)14(13)16/h6-7,9,12,17-18H,2-5,8H2,1H3. The summed E-state index contributed by atoms with van der Waals surface area (Å²) in [5, 5.41) is 9.00. The number of hydrogen-bond acceptors (Lipinski definition) is 3. The van der Waals surface area contributed by atoms with Gasteiger partial charge in [0.2, 0.25) is 10.0 Å². The van der Waals surface area contributed by atoms with Crippen LogP contribution in [0.1, 0.15) is 38.2 Å². The van der Waals surface area contributed by atoms with Crippen molar-refractivity contribution in [3.05, 3.63) is 29.3 Å². The molecule has 1 aliphatic rings. The quantitative estimate of drug-likeness (QED) is 0.895. The first-order valence-electron chi connectivity index (χ1n) is 6.96. The van der Waals surface area contributed by atoms with Crippen molar-refractivity contribution in [3.63, 3.8) is 0 Å². The van der Waals surface area contributed by atoms with Gasteiger partial charge in [0.15, 0.2) is 11.6 Å². The maximum Gasteiger partial charge on any atom is 0.243 e. The third kappa shape index (κ3) is 3.59. The SMILES string of the molecule is CC1CCCCC1NS(=O)(=O)c1cc(CO)cc(F)c1F. The zero-order valence-electron chi connectivity index (χ0n) is 11.8. The van der Waals surface area contributed by atoms with Gasteiger partial charge in [0.25, 0.3) is 0 Å². The third-order valence-electron chi connectivity index (χ3n) is 3.94. The Bertz CT molecular complexity index is 619. The minimum atomic E-state index is -4.15. The lowest BCUT2D eigenvalue weighted by Gasteiger charge is -2.29. The number of halogens is 2. The fraction of sp³-hybridized carbons (Fsp3) is 0.571. The summed E-state index contributed by atoms with van der Waals surface area (Å²) in [6, 6.07) is 1.48. The predicted octanol–water partition coefficient (Wildman–Crippen LogP) is 2.31. The van der Waals surface area contributed by atoms with Gasteiger partial charge in [-0.2, -0.15) is 0 Å². The monoisotopic (exact) mass is 319 g/mol. The Morgan fingerprint density at radius 1 is 1.29 bits per heavy atom. The molecule has 1 saturated carbocycles. The third-order valence-corrected chi connectivity index (χ3v) is 5.43. The van der Waals surface area contributed by atoms with Crippen molar-refractivity contribution in [1.82, 2.24) is 4.72 Å². The van der Waals surface area contributed by atoms with Crippen molar-refractivity contribution in [2.75, 3.05) is 0 Å². The van der Waals surface area contributed by atoms with Gasteiger partial charge in [-0.05, 0) is 36.5 Å². The Balaban J connectivity index is 2.33. The second-order valence-corrected chi connectivity index (χ2v) is 7.22. The minimum Gasteiger partial charge on any atom is -0.392 e. The smallest absolute Gasteiger partial charge is 0.243 e. The number of rotatable bonds is 4. The van der Waals surface area contributed by atoms with Gasteiger partial charge >= 0.3 is 0 Å². The molecule has 2 atom stereocenters. The van der Waals surface area contributed by atoms with E-state index in [1.165, 1.54) is 0 Å². The van der Waals surface area contributed by atoms with E-state index >= 15 is 0 Å². The molecule has 7 heteroatoms. The summed E-state index contributed by atoms with van der Waals surface area (Å²) in [6.07, 6.45) is 3.54. The van der Waals surface area contributed by atoms with E-state index in [0.29, 0.717) is 6.42 Å². The van der Waals surface area contributed by atoms with Crippen molar-refractivity contribution in [2.45, 2.75) is 50.2 Å². The van der Waals surface area contributed by atoms with Crippen molar-refractivity contribution in [3.8, 4) is 0 Å². The predicted molar refractivity (Wildman–Crippen MR) is 74.0 cm³/mol. The van der Waals surface area contributed by atoms with E-state index in [9.17, 15) is 17.2 Å². The average Bonchev–Trinajstić information content (AvgIpc) is 2.43. The van der Waals surface area contributed by atoms with Crippen molar-refractivity contribution in [1.29, 1.82) is 0 Å². The van der Waals surface area contributed by atoms with Crippen LogP contribution in [0.2, 0.25) is 0 Å². The zero-order chi connectivity index (χ0) is 15.6. The Labute approximate surface area is 123 Å². The Morgan fingerprint density at radius 3 is 2.57 bits per heavy atom. The second kappa shape index (κ2) is 6.37. The lowest BCUT2D eigenvalue weighted by atomic mass is 9.87. The summed E-state index contributed by atoms with van der Waals surface area (Å²) >= 11 is 0. The van der Waals surface area contributed by atoms with Crippen LogP contribution < -0.4 is 4.72 Å². The molecule has 118 valence electrons. The molecule has 0 heterocycles. The molecule has 0 bridgehead atoms. The molecule has 2 rings (SSSR count). The van der Waals surface area contributed by atoms with Crippen LogP contribution in [0.4, 0.5) is 8.78 Å². The molecule has 0 aliphatic heterocycles. The highest BCUT2D eigenvalue weighted by Gasteiger charge is 2.29. The van der Waals surface area contributed by atoms with Crippen LogP contribution in [0.3, 0.4) is 0 Å². The van der Waals surface area contributed by atoms with Gasteiger partial charge in [-0.3, -0.25) is 0 Å². The number of nitrogens with one attached hydrogen (secondary N) is 1. The van der Waals surface area contributed by atoms with Crippen LogP contribution in [0.15, 0.2) is 17.0 Å². The van der Waals surface area contributed by atoms with E-state index in [4.69, 9.17) is 5.11 Å². The largest absolute Gasteiger partial charge is 0.392 e. The number of benzene rings is 1. The maximum absolute atomic E-state index is 13.8. The van der Waals surface area contributed by atoms with Gasteiger partial charge in [-0.1, -0.05) is 19.8 Å². The Morgan fingerprint density at radius 2 is 1.95 bits per heavy atom. The zero-order valence-corrected chi connectivity index (χ0v) is 12.6. The molecule has 1 aliphatic carbocycles. The molecule has 0 amide bonds. The van der Waals surface area contributed by atoms with Crippen molar-refractivity contribution >= 4 is 10.0 Å². The van der Waals surface area contributed by atoms with E-state index in [2.05, 4.69) is 4.72 Å². The summed E-state index contributed by atoms with van der Waals surface area (Å²) in [6.45, 7) is 1.38. The molecule has 1 aromatic carbocycles. The number of sulfonamides is 1. The highest BCUT2D eigenvalue weighted by atomic mass is 32.2. The normalized spacial score (nSPS) is 23.2. The highest BCUT2D eigenvalue weighted by Crippen LogP contribution is 2.26. The Hall–Kier alpha value is -1.05. The van der Waals surface area contributed by atoms with E-state index in [-0.39, 0.29) is 17.5 Å². The topological polar surface area (TPSA) is 66.4 Å². The first-order valence-corrected chi connectivity index (χ1v) is 8.44. The van der Waals surface area contributed by atoms with E-state index in [0.717, 1.165) is 31.4 Å². The van der Waals surface area contributed by atoms with Crippen LogP contribution in [0.25, 0.3) is 0 Å². The van der Waals surface area contributed by atoms with Gasteiger partial charge < -0.3 is 5.11 Å². The summed E-state index contributed by atoms with van der Waals surface area (Å²) in [7, 11) is -4.15. The molecular weight excluding hydrogens is 300 g/mol. The van der Waals surface area contributed by atoms with Crippen molar-refractivity contribution < 1.29 is 22.3 Å². The number of hydrogen-bond donors (Lipinski definition) is 2. The van der Waals surface area contributed by atoms with E-state index in [1.54, 1.807) is 0 Å². The summed E-state index contributed by atoms with van der Waals surface area (Å²) in [5.41, 5.74) is 0.0194. The average molecular weight is 319 g/mol. The number of aliphatic hydroxyl groups is 1. The molecule has 0 spiro atoms. The fourth-order valence-corrected chi connectivity index (χ4v) is 4.17. The van der Waals surface area contributed by atoms with Gasteiger partial charge in [-0.25, -0.2) is 21.9 Å². The molecular formula is C14H19F2NO3S. The molecule has 1 fully saturated rings. The van der Waals surface area contributed by atoms with Gasteiger partial charge in [-0.15, -0.1) is 0 Å². The fourth-order valence-electron chi connectivity index (χ4n) is 2.66. The van der Waals surface area contributed by atoms with Crippen LogP contribution >= 0.6 is 0 Å². The molecule has 1 aromatic rings. The molecule has 21 heavy (non-hydrogen) atoms. The highest BCUT2D eigenvalue weighted by molar-refractivity contribution is 7.89. The Kier molecular flexibility index (Phi) is 4.95. The van der Waals surface area contributed by atoms with Gasteiger partial charge in [0.1, 0.15) is 4.90 Å². The second-order valence-electron chi connectivity index (χ2n) is 5.54. The molecule has 0 aromatic heterocycles. The van der Waals surface area contributed by atoms with Gasteiger partial charge in [0.05, 0.1) is 6.61 Å². The molecule has 2 N–H and O–H groups in total. The van der Waals surface area contributed by atoms with Crippen LogP contribution in [-0.2, 0) is 16.6 Å². The molecule has 0 radical (unpaired) electrons. The molecule has 0 saturated heterocycles. The van der Waals surface area contributed by atoms with Gasteiger partial charge in [0, 0.05) is 6.04 Å². The lowest BCUT2D eigenvalue weighted by Crippen LogP contribution is -2.41. The van der Waals surface area contributed by atoms with E-state index in [1.807, 2.05) is 6.92 Å². The van der Waals surface area contributed by atoms with Crippen molar-refractivity contribution in [2.24, 2.45) is 5.92 Å². The lowest BCUT2D eigenvalue weighted by molar-refractivity contribution is 0.280. The van der Waals surface area contributed by atoms with E-state index < -0.39 is 33.2 Å². The molecule has 2 unspecified atom stereocenters. The summed E-state index contributed by atoms with van der Waals surface area (Å²) < 4.78 is 54.3. The van der Waals surface area contributed by atoms with Crippen LogP contribution in [-0.4, -0.2) is 19.6 Å². The molecule has 4 nitrogen and oxygen atoms in total. The summed E-state index contributed by atoms with van der Waals surface area (Å²) in [5.74, 6) is -2.54. The first-order chi connectivity index (χ1) is 9.85. The summed E-state index contributed by atoms with van der Waals surface area (Å²) in [4.78, 5) is -0.746.